The number of alkyl halides is 7. The highest BCUT2D eigenvalue weighted by Crippen LogP contribution is 2.54. The van der Waals surface area contributed by atoms with Crippen LogP contribution in [0.1, 0.15) is 11.7 Å². The lowest BCUT2D eigenvalue weighted by molar-refractivity contribution is -0.366. The van der Waals surface area contributed by atoms with E-state index in [1.54, 1.807) is 0 Å². The van der Waals surface area contributed by atoms with E-state index in [-0.39, 0.29) is 0 Å². The first-order chi connectivity index (χ1) is 10.3. The normalized spacial score (nSPS) is 14.3. The fourth-order valence-electron chi connectivity index (χ4n) is 1.64. The number of rotatable bonds is 4. The standard InChI is InChI=1S/C13H8ClF7O2/c1-7(14)10(22)23-9(8-5-3-2-4-6-8)11(15,12(16,17)18)13(19,20)21/h2-6,9H,1H2. The van der Waals surface area contributed by atoms with Crippen molar-refractivity contribution in [2.45, 2.75) is 24.1 Å². The van der Waals surface area contributed by atoms with Gasteiger partial charge in [0.1, 0.15) is 5.03 Å². The Morgan fingerprint density at radius 1 is 1.00 bits per heavy atom. The first kappa shape index (κ1) is 19.3. The molecule has 0 saturated heterocycles. The minimum Gasteiger partial charge on any atom is -0.449 e. The fraction of sp³-hybridized carbons (Fsp3) is 0.308. The van der Waals surface area contributed by atoms with Crippen LogP contribution >= 0.6 is 11.6 Å². The van der Waals surface area contributed by atoms with Gasteiger partial charge in [0.2, 0.25) is 0 Å². The molecule has 1 aromatic rings. The molecule has 0 aliphatic carbocycles. The van der Waals surface area contributed by atoms with E-state index in [4.69, 9.17) is 11.6 Å². The van der Waals surface area contributed by atoms with E-state index in [2.05, 4.69) is 11.3 Å². The largest absolute Gasteiger partial charge is 0.449 e. The second kappa shape index (κ2) is 6.38. The van der Waals surface area contributed by atoms with Crippen molar-refractivity contribution in [1.29, 1.82) is 0 Å². The summed E-state index contributed by atoms with van der Waals surface area (Å²) in [5.41, 5.74) is -6.68. The zero-order valence-corrected chi connectivity index (χ0v) is 11.8. The Labute approximate surface area is 130 Å². The van der Waals surface area contributed by atoms with E-state index in [9.17, 15) is 35.5 Å². The fourth-order valence-corrected chi connectivity index (χ4v) is 1.68. The quantitative estimate of drug-likeness (QED) is 0.433. The van der Waals surface area contributed by atoms with Crippen LogP contribution in [0.5, 0.6) is 0 Å². The van der Waals surface area contributed by atoms with Gasteiger partial charge < -0.3 is 4.74 Å². The summed E-state index contributed by atoms with van der Waals surface area (Å²) >= 11 is 5.08. The lowest BCUT2D eigenvalue weighted by Gasteiger charge is -2.36. The van der Waals surface area contributed by atoms with Gasteiger partial charge in [-0.3, -0.25) is 0 Å². The summed E-state index contributed by atoms with van der Waals surface area (Å²) in [7, 11) is 0. The first-order valence-electron chi connectivity index (χ1n) is 5.75. The lowest BCUT2D eigenvalue weighted by Crippen LogP contribution is -2.58. The molecule has 0 spiro atoms. The van der Waals surface area contributed by atoms with Crippen molar-refractivity contribution in [3.8, 4) is 0 Å². The van der Waals surface area contributed by atoms with Gasteiger partial charge in [-0.2, -0.15) is 26.3 Å². The molecule has 2 nitrogen and oxygen atoms in total. The van der Waals surface area contributed by atoms with Crippen molar-refractivity contribution in [2.24, 2.45) is 0 Å². The molecule has 0 radical (unpaired) electrons. The number of carbonyl (C=O) groups is 1. The Morgan fingerprint density at radius 2 is 1.43 bits per heavy atom. The number of hydrogen-bond acceptors (Lipinski definition) is 2. The zero-order valence-electron chi connectivity index (χ0n) is 11.0. The van der Waals surface area contributed by atoms with Gasteiger partial charge in [-0.15, -0.1) is 0 Å². The van der Waals surface area contributed by atoms with Crippen LogP contribution in [0.2, 0.25) is 0 Å². The van der Waals surface area contributed by atoms with Crippen molar-refractivity contribution in [2.75, 3.05) is 0 Å². The molecular formula is C13H8ClF7O2. The Kier molecular flexibility index (Phi) is 5.35. The van der Waals surface area contributed by atoms with Crippen molar-refractivity contribution in [1.82, 2.24) is 0 Å². The van der Waals surface area contributed by atoms with E-state index in [1.165, 1.54) is 6.07 Å². The van der Waals surface area contributed by atoms with Crippen LogP contribution in [0.25, 0.3) is 0 Å². The van der Waals surface area contributed by atoms with Gasteiger partial charge >= 0.3 is 24.0 Å². The van der Waals surface area contributed by atoms with E-state index in [1.807, 2.05) is 0 Å². The molecule has 1 rings (SSSR count). The maximum absolute atomic E-state index is 14.2. The Morgan fingerprint density at radius 3 is 1.78 bits per heavy atom. The molecule has 0 aliphatic heterocycles. The van der Waals surface area contributed by atoms with Crippen LogP contribution in [0.4, 0.5) is 30.7 Å². The van der Waals surface area contributed by atoms with Crippen LogP contribution in [-0.4, -0.2) is 24.0 Å². The monoisotopic (exact) mass is 364 g/mol. The molecule has 128 valence electrons. The second-order valence-electron chi connectivity index (χ2n) is 4.31. The Balaban J connectivity index is 3.53. The Hall–Kier alpha value is -1.77. The van der Waals surface area contributed by atoms with Gasteiger partial charge in [-0.1, -0.05) is 48.5 Å². The summed E-state index contributed by atoms with van der Waals surface area (Å²) in [5, 5.41) is -1.00. The molecule has 1 aromatic carbocycles. The molecule has 0 heterocycles. The van der Waals surface area contributed by atoms with Crippen LogP contribution in [0, 0.1) is 0 Å². The van der Waals surface area contributed by atoms with Gasteiger partial charge in [0.25, 0.3) is 0 Å². The molecule has 0 bridgehead atoms. The van der Waals surface area contributed by atoms with Crippen molar-refractivity contribution in [3.05, 3.63) is 47.5 Å². The predicted molar refractivity (Wildman–Crippen MR) is 66.2 cm³/mol. The number of carbonyl (C=O) groups excluding carboxylic acids is 1. The van der Waals surface area contributed by atoms with E-state index >= 15 is 0 Å². The lowest BCUT2D eigenvalue weighted by atomic mass is 9.91. The number of benzene rings is 1. The second-order valence-corrected chi connectivity index (χ2v) is 4.76. The van der Waals surface area contributed by atoms with Gasteiger partial charge in [0.15, 0.2) is 6.10 Å². The van der Waals surface area contributed by atoms with Crippen LogP contribution in [0.15, 0.2) is 41.9 Å². The minimum absolute atomic E-state index is 0.751. The Bertz CT molecular complexity index is 566. The molecule has 0 fully saturated rings. The molecule has 1 atom stereocenters. The molecule has 1 unspecified atom stereocenters. The van der Waals surface area contributed by atoms with Gasteiger partial charge in [0.05, 0.1) is 0 Å². The molecular weight excluding hydrogens is 357 g/mol. The smallest absolute Gasteiger partial charge is 0.435 e. The highest BCUT2D eigenvalue weighted by molar-refractivity contribution is 6.40. The highest BCUT2D eigenvalue weighted by atomic mass is 35.5. The van der Waals surface area contributed by atoms with Gasteiger partial charge in [-0.25, -0.2) is 9.18 Å². The highest BCUT2D eigenvalue weighted by Gasteiger charge is 2.77. The van der Waals surface area contributed by atoms with Crippen LogP contribution in [-0.2, 0) is 9.53 Å². The predicted octanol–water partition coefficient (Wildman–Crippen LogP) is 4.86. The maximum atomic E-state index is 14.2. The SMILES string of the molecule is C=C(Cl)C(=O)OC(c1ccccc1)C(F)(C(F)(F)F)C(F)(F)F. The van der Waals surface area contributed by atoms with Crippen molar-refractivity contribution in [3.63, 3.8) is 0 Å². The molecule has 0 saturated carbocycles. The third-order valence-corrected chi connectivity index (χ3v) is 2.89. The third kappa shape index (κ3) is 3.77. The number of halogens is 8. The van der Waals surface area contributed by atoms with Crippen LogP contribution < -0.4 is 0 Å². The van der Waals surface area contributed by atoms with Gasteiger partial charge in [0, 0.05) is 0 Å². The summed E-state index contributed by atoms with van der Waals surface area (Å²) in [6.45, 7) is 2.81. The molecule has 0 amide bonds. The zero-order chi connectivity index (χ0) is 18.1. The average Bonchev–Trinajstić information content (AvgIpc) is 2.42. The van der Waals surface area contributed by atoms with E-state index in [0.717, 1.165) is 24.3 Å². The summed E-state index contributed by atoms with van der Waals surface area (Å²) < 4.78 is 95.3. The maximum Gasteiger partial charge on any atom is 0.435 e. The number of esters is 1. The van der Waals surface area contributed by atoms with Crippen molar-refractivity contribution >= 4 is 17.6 Å². The molecule has 23 heavy (non-hydrogen) atoms. The molecule has 0 aliphatic rings. The summed E-state index contributed by atoms with van der Waals surface area (Å²) in [4.78, 5) is 11.3. The van der Waals surface area contributed by atoms with Gasteiger partial charge in [-0.05, 0) is 5.56 Å². The number of hydrogen-bond donors (Lipinski definition) is 0. The van der Waals surface area contributed by atoms with E-state index in [0.29, 0.717) is 0 Å². The molecule has 10 heteroatoms. The molecule has 0 aromatic heterocycles. The summed E-state index contributed by atoms with van der Waals surface area (Å²) in [6.07, 6.45) is -16.1. The van der Waals surface area contributed by atoms with Crippen LogP contribution in [0.3, 0.4) is 0 Å². The number of ether oxygens (including phenoxy) is 1. The summed E-state index contributed by atoms with van der Waals surface area (Å²) in [6, 6.07) is 4.88. The topological polar surface area (TPSA) is 26.3 Å². The van der Waals surface area contributed by atoms with Crippen molar-refractivity contribution < 1.29 is 40.3 Å². The third-order valence-electron chi connectivity index (χ3n) is 2.74. The molecule has 0 N–H and O–H groups in total. The van der Waals surface area contributed by atoms with E-state index < -0.39 is 40.7 Å². The first-order valence-corrected chi connectivity index (χ1v) is 6.13. The summed E-state index contributed by atoms with van der Waals surface area (Å²) in [5.74, 6) is -1.81. The average molecular weight is 365 g/mol. The minimum atomic E-state index is -6.40.